The van der Waals surface area contributed by atoms with Crippen LogP contribution in [0.25, 0.3) is 0 Å². The van der Waals surface area contributed by atoms with Gasteiger partial charge in [0, 0.05) is 37.9 Å². The van der Waals surface area contributed by atoms with Crippen molar-refractivity contribution in [2.24, 2.45) is 0 Å². The van der Waals surface area contributed by atoms with Crippen LogP contribution < -0.4 is 10.1 Å². The Morgan fingerprint density at radius 3 is 2.81 bits per heavy atom. The molecule has 1 fully saturated rings. The third-order valence-corrected chi connectivity index (χ3v) is 3.97. The number of rotatable bonds is 7. The molecular weight excluding hydrogens is 266 g/mol. The first-order valence-corrected chi connectivity index (χ1v) is 7.71. The van der Waals surface area contributed by atoms with E-state index in [4.69, 9.17) is 4.74 Å². The van der Waals surface area contributed by atoms with Crippen LogP contribution in [0.15, 0.2) is 24.3 Å². The molecule has 1 saturated heterocycles. The van der Waals surface area contributed by atoms with Crippen LogP contribution in [0.5, 0.6) is 5.75 Å². The Kier molecular flexibility index (Phi) is 6.29. The average Bonchev–Trinajstić information content (AvgIpc) is 2.55. The monoisotopic (exact) mass is 293 g/mol. The van der Waals surface area contributed by atoms with E-state index in [1.165, 1.54) is 19.3 Å². The standard InChI is InChI=1S/C16H27N3O2/c1-18(16(20)19-10-4-3-5-11-19)12-9-17-14-7-6-8-15(13-14)21-2/h6-8,13,16-17,20H,3-5,9-12H2,1-2H3. The van der Waals surface area contributed by atoms with Gasteiger partial charge in [-0.05, 0) is 32.0 Å². The highest BCUT2D eigenvalue weighted by Gasteiger charge is 2.21. The Morgan fingerprint density at radius 2 is 2.10 bits per heavy atom. The van der Waals surface area contributed by atoms with Gasteiger partial charge in [-0.25, -0.2) is 0 Å². The fraction of sp³-hybridized carbons (Fsp3) is 0.625. The van der Waals surface area contributed by atoms with Gasteiger partial charge in [0.15, 0.2) is 6.35 Å². The quantitative estimate of drug-likeness (QED) is 0.751. The summed E-state index contributed by atoms with van der Waals surface area (Å²) in [6.45, 7) is 3.56. The molecule has 2 rings (SSSR count). The third-order valence-electron chi connectivity index (χ3n) is 3.97. The van der Waals surface area contributed by atoms with Crippen LogP contribution in [-0.2, 0) is 0 Å². The second kappa shape index (κ2) is 8.22. The maximum absolute atomic E-state index is 10.3. The van der Waals surface area contributed by atoms with Crippen LogP contribution in [0.4, 0.5) is 5.69 Å². The molecule has 0 bridgehead atoms. The summed E-state index contributed by atoms with van der Waals surface area (Å²) in [5.74, 6) is 0.849. The van der Waals surface area contributed by atoms with E-state index in [9.17, 15) is 5.11 Å². The summed E-state index contributed by atoms with van der Waals surface area (Å²) >= 11 is 0. The van der Waals surface area contributed by atoms with E-state index < -0.39 is 6.35 Å². The van der Waals surface area contributed by atoms with Crippen LogP contribution in [-0.4, -0.2) is 61.6 Å². The lowest BCUT2D eigenvalue weighted by molar-refractivity contribution is -0.106. The minimum Gasteiger partial charge on any atom is -0.497 e. The summed E-state index contributed by atoms with van der Waals surface area (Å²) in [4.78, 5) is 4.13. The highest BCUT2D eigenvalue weighted by molar-refractivity contribution is 5.48. The van der Waals surface area contributed by atoms with Crippen LogP contribution >= 0.6 is 0 Å². The lowest BCUT2D eigenvalue weighted by atomic mass is 10.1. The Morgan fingerprint density at radius 1 is 1.33 bits per heavy atom. The summed E-state index contributed by atoms with van der Waals surface area (Å²) in [5, 5.41) is 13.7. The van der Waals surface area contributed by atoms with E-state index in [2.05, 4.69) is 10.2 Å². The first-order chi connectivity index (χ1) is 10.2. The number of methoxy groups -OCH3 is 1. The number of likely N-dealkylation sites (tertiary alicyclic amines) is 1. The van der Waals surface area contributed by atoms with Gasteiger partial charge < -0.3 is 15.2 Å². The lowest BCUT2D eigenvalue weighted by Gasteiger charge is -2.36. The molecule has 0 amide bonds. The molecule has 1 aliphatic rings. The first-order valence-electron chi connectivity index (χ1n) is 7.71. The number of aliphatic hydroxyl groups excluding tert-OH is 1. The van der Waals surface area contributed by atoms with Crippen molar-refractivity contribution < 1.29 is 9.84 Å². The third kappa shape index (κ3) is 4.88. The minimum absolute atomic E-state index is 0.475. The summed E-state index contributed by atoms with van der Waals surface area (Å²) in [7, 11) is 3.63. The number of likely N-dealkylation sites (N-methyl/N-ethyl adjacent to an activating group) is 1. The van der Waals surface area contributed by atoms with Crippen molar-refractivity contribution in [1.29, 1.82) is 0 Å². The molecule has 1 unspecified atom stereocenters. The zero-order valence-electron chi connectivity index (χ0n) is 13.1. The molecule has 0 radical (unpaired) electrons. The van der Waals surface area contributed by atoms with Crippen LogP contribution in [0, 0.1) is 0 Å². The summed E-state index contributed by atoms with van der Waals surface area (Å²) < 4.78 is 5.20. The number of ether oxygens (including phenoxy) is 1. The highest BCUT2D eigenvalue weighted by Crippen LogP contribution is 2.16. The molecule has 2 N–H and O–H groups in total. The molecule has 1 aliphatic heterocycles. The SMILES string of the molecule is COc1cccc(NCCN(C)C(O)N2CCCCC2)c1. The van der Waals surface area contributed by atoms with Gasteiger partial charge in [-0.3, -0.25) is 9.80 Å². The summed E-state index contributed by atoms with van der Waals surface area (Å²) in [6.07, 6.45) is 3.18. The molecule has 5 nitrogen and oxygen atoms in total. The Hall–Kier alpha value is -1.30. The molecule has 21 heavy (non-hydrogen) atoms. The minimum atomic E-state index is -0.475. The molecule has 1 heterocycles. The maximum atomic E-state index is 10.3. The smallest absolute Gasteiger partial charge is 0.165 e. The lowest BCUT2D eigenvalue weighted by Crippen LogP contribution is -2.49. The van der Waals surface area contributed by atoms with E-state index in [1.54, 1.807) is 7.11 Å². The van der Waals surface area contributed by atoms with Crippen molar-refractivity contribution in [3.8, 4) is 5.75 Å². The molecule has 1 aromatic rings. The molecule has 0 spiro atoms. The zero-order valence-corrected chi connectivity index (χ0v) is 13.1. The van der Waals surface area contributed by atoms with Gasteiger partial charge in [0.05, 0.1) is 7.11 Å². The number of hydrogen-bond acceptors (Lipinski definition) is 5. The van der Waals surface area contributed by atoms with Gasteiger partial charge in [-0.2, -0.15) is 0 Å². The topological polar surface area (TPSA) is 48.0 Å². The van der Waals surface area contributed by atoms with E-state index >= 15 is 0 Å². The molecule has 1 aromatic carbocycles. The molecule has 0 saturated carbocycles. The molecule has 118 valence electrons. The summed E-state index contributed by atoms with van der Waals surface area (Å²) in [6, 6.07) is 7.88. The molecule has 1 atom stereocenters. The highest BCUT2D eigenvalue weighted by atomic mass is 16.5. The zero-order chi connectivity index (χ0) is 15.1. The number of anilines is 1. The van der Waals surface area contributed by atoms with Gasteiger partial charge in [-0.15, -0.1) is 0 Å². The number of nitrogens with one attached hydrogen (secondary N) is 1. The molecule has 0 aliphatic carbocycles. The number of benzene rings is 1. The fourth-order valence-electron chi connectivity index (χ4n) is 2.65. The number of nitrogens with zero attached hydrogens (tertiary/aromatic N) is 2. The number of hydrogen-bond donors (Lipinski definition) is 2. The second-order valence-electron chi connectivity index (χ2n) is 5.58. The van der Waals surface area contributed by atoms with Crippen molar-refractivity contribution in [1.82, 2.24) is 9.80 Å². The largest absolute Gasteiger partial charge is 0.497 e. The number of aliphatic hydroxyl groups is 1. The van der Waals surface area contributed by atoms with Crippen molar-refractivity contribution >= 4 is 5.69 Å². The van der Waals surface area contributed by atoms with Gasteiger partial charge >= 0.3 is 0 Å². The average molecular weight is 293 g/mol. The first kappa shape index (κ1) is 16.1. The van der Waals surface area contributed by atoms with Gasteiger partial charge in [0.2, 0.25) is 0 Å². The van der Waals surface area contributed by atoms with Gasteiger partial charge in [-0.1, -0.05) is 12.5 Å². The van der Waals surface area contributed by atoms with Crippen LogP contribution in [0.2, 0.25) is 0 Å². The van der Waals surface area contributed by atoms with E-state index in [1.807, 2.05) is 36.2 Å². The van der Waals surface area contributed by atoms with Crippen LogP contribution in [0.3, 0.4) is 0 Å². The van der Waals surface area contributed by atoms with Crippen molar-refractivity contribution in [2.75, 3.05) is 45.7 Å². The molecule has 5 heteroatoms. The molecule has 0 aromatic heterocycles. The van der Waals surface area contributed by atoms with Crippen LogP contribution in [0.1, 0.15) is 19.3 Å². The second-order valence-corrected chi connectivity index (χ2v) is 5.58. The Labute approximate surface area is 127 Å². The summed E-state index contributed by atoms with van der Waals surface area (Å²) in [5.41, 5.74) is 1.04. The fourth-order valence-corrected chi connectivity index (χ4v) is 2.65. The number of piperidine rings is 1. The molecular formula is C16H27N3O2. The predicted molar refractivity (Wildman–Crippen MR) is 85.5 cm³/mol. The van der Waals surface area contributed by atoms with Gasteiger partial charge in [0.25, 0.3) is 0 Å². The van der Waals surface area contributed by atoms with E-state index in [0.717, 1.165) is 37.6 Å². The van der Waals surface area contributed by atoms with Crippen molar-refractivity contribution in [3.63, 3.8) is 0 Å². The van der Waals surface area contributed by atoms with Crippen molar-refractivity contribution in [3.05, 3.63) is 24.3 Å². The van der Waals surface area contributed by atoms with Crippen molar-refractivity contribution in [2.45, 2.75) is 25.6 Å². The Balaban J connectivity index is 1.73. The van der Waals surface area contributed by atoms with E-state index in [-0.39, 0.29) is 0 Å². The normalized spacial score (nSPS) is 17.7. The Bertz CT molecular complexity index is 422. The van der Waals surface area contributed by atoms with Gasteiger partial charge in [0.1, 0.15) is 5.75 Å². The maximum Gasteiger partial charge on any atom is 0.165 e. The predicted octanol–water partition coefficient (Wildman–Crippen LogP) is 1.80. The van der Waals surface area contributed by atoms with E-state index in [0.29, 0.717) is 0 Å².